The smallest absolute Gasteiger partial charge is 0.309 e. The highest BCUT2D eigenvalue weighted by molar-refractivity contribution is 8.26. The summed E-state index contributed by atoms with van der Waals surface area (Å²) in [6, 6.07) is 7.63. The van der Waals surface area contributed by atoms with Crippen molar-refractivity contribution < 1.29 is 23.8 Å². The van der Waals surface area contributed by atoms with Crippen LogP contribution in [0.4, 0.5) is 5.82 Å². The lowest BCUT2D eigenvalue weighted by Crippen LogP contribution is -2.41. The average Bonchev–Trinajstić information content (AvgIpc) is 3.58. The predicted octanol–water partition coefficient (Wildman–Crippen LogP) is 4.74. The molecule has 226 valence electrons. The van der Waals surface area contributed by atoms with Crippen LogP contribution < -0.4 is 19.9 Å². The molecule has 0 bridgehead atoms. The summed E-state index contributed by atoms with van der Waals surface area (Å²) in [6.07, 6.45) is 4.54. The van der Waals surface area contributed by atoms with Crippen molar-refractivity contribution in [2.75, 3.05) is 31.4 Å². The first-order valence-corrected chi connectivity index (χ1v) is 15.7. The zero-order valence-electron chi connectivity index (χ0n) is 24.5. The molecule has 43 heavy (non-hydrogen) atoms. The molecule has 2 saturated heterocycles. The summed E-state index contributed by atoms with van der Waals surface area (Å²) in [7, 11) is 0. The highest BCUT2D eigenvalue weighted by Crippen LogP contribution is 2.39. The molecule has 2 aromatic rings. The zero-order valence-corrected chi connectivity index (χ0v) is 26.1. The van der Waals surface area contributed by atoms with Gasteiger partial charge in [-0.3, -0.25) is 23.9 Å². The number of pyridine rings is 1. The number of nitrogens with zero attached hydrogens (tertiary/aromatic N) is 4. The number of thioether (sulfide) groups is 1. The van der Waals surface area contributed by atoms with Crippen molar-refractivity contribution in [3.8, 4) is 17.6 Å². The van der Waals surface area contributed by atoms with Gasteiger partial charge in [-0.1, -0.05) is 43.4 Å². The quantitative estimate of drug-likeness (QED) is 0.221. The molecule has 3 aliphatic rings. The van der Waals surface area contributed by atoms with Crippen molar-refractivity contribution in [2.24, 2.45) is 5.92 Å². The first-order chi connectivity index (χ1) is 20.8. The van der Waals surface area contributed by atoms with Gasteiger partial charge in [-0.2, -0.15) is 5.26 Å². The SMILES string of the molecule is CCCCn1c(N2CCC(C(=O)OCC)CC2)c(/C=C2/SC(=S)N(Cc3ccc4c(c3)OCO4)C2=O)c(C)c(C#N)c1=O. The highest BCUT2D eigenvalue weighted by Gasteiger charge is 2.35. The summed E-state index contributed by atoms with van der Waals surface area (Å²) < 4.78 is 18.2. The summed E-state index contributed by atoms with van der Waals surface area (Å²) in [5, 5.41) is 9.98. The Labute approximate surface area is 260 Å². The number of amides is 1. The van der Waals surface area contributed by atoms with E-state index in [0.29, 0.717) is 76.8 Å². The van der Waals surface area contributed by atoms with Crippen molar-refractivity contribution in [3.63, 3.8) is 0 Å². The predicted molar refractivity (Wildman–Crippen MR) is 168 cm³/mol. The third-order valence-electron chi connectivity index (χ3n) is 7.92. The van der Waals surface area contributed by atoms with E-state index >= 15 is 0 Å². The first kappa shape index (κ1) is 30.6. The molecular formula is C31H34N4O6S2. The summed E-state index contributed by atoms with van der Waals surface area (Å²) in [5.41, 5.74) is 1.73. The zero-order chi connectivity index (χ0) is 30.7. The van der Waals surface area contributed by atoms with Gasteiger partial charge >= 0.3 is 5.97 Å². The molecule has 0 spiro atoms. The fourth-order valence-electron chi connectivity index (χ4n) is 5.58. The molecule has 0 aliphatic carbocycles. The first-order valence-electron chi connectivity index (χ1n) is 14.5. The molecule has 1 aromatic carbocycles. The number of hydrogen-bond acceptors (Lipinski definition) is 10. The second kappa shape index (κ2) is 13.2. The normalized spacial score (nSPS) is 17.6. The number of fused-ring (bicyclic) bond motifs is 1. The molecule has 5 rings (SSSR count). The number of unbranched alkanes of at least 4 members (excludes halogenated alkanes) is 1. The largest absolute Gasteiger partial charge is 0.466 e. The van der Waals surface area contributed by atoms with Gasteiger partial charge in [-0.15, -0.1) is 0 Å². The minimum Gasteiger partial charge on any atom is -0.466 e. The fraction of sp³-hybridized carbons (Fsp3) is 0.452. The van der Waals surface area contributed by atoms with Crippen molar-refractivity contribution in [1.82, 2.24) is 9.47 Å². The molecule has 1 aromatic heterocycles. The molecule has 0 N–H and O–H groups in total. The van der Waals surface area contributed by atoms with Gasteiger partial charge in [-0.05, 0) is 62.4 Å². The standard InChI is InChI=1S/C31H34N4O6S2/c1-4-6-11-34-27(33-12-9-21(10-13-33)30(38)39-5-2)22(19(3)23(16-32)28(34)36)15-26-29(37)35(31(42)43-26)17-20-7-8-24-25(14-20)41-18-40-24/h7-8,14-15,21H,4-6,9-13,17-18H2,1-3H3/b26-15+. The maximum atomic E-state index is 13.7. The van der Waals surface area contributed by atoms with Gasteiger partial charge < -0.3 is 19.1 Å². The van der Waals surface area contributed by atoms with E-state index in [2.05, 4.69) is 11.0 Å². The summed E-state index contributed by atoms with van der Waals surface area (Å²) in [6.45, 7) is 7.85. The Morgan fingerprint density at radius 1 is 1.21 bits per heavy atom. The van der Waals surface area contributed by atoms with E-state index in [9.17, 15) is 19.6 Å². The number of carbonyl (C=O) groups excluding carboxylic acids is 2. The Morgan fingerprint density at radius 2 is 1.95 bits per heavy atom. The number of piperidine rings is 1. The molecule has 4 heterocycles. The van der Waals surface area contributed by atoms with Crippen molar-refractivity contribution in [1.29, 1.82) is 5.26 Å². The van der Waals surface area contributed by atoms with Gasteiger partial charge in [0.25, 0.3) is 11.5 Å². The maximum Gasteiger partial charge on any atom is 0.309 e. The van der Waals surface area contributed by atoms with Crippen LogP contribution in [0.5, 0.6) is 11.5 Å². The molecule has 2 fully saturated rings. The van der Waals surface area contributed by atoms with E-state index in [1.165, 1.54) is 11.8 Å². The van der Waals surface area contributed by atoms with E-state index in [0.717, 1.165) is 18.4 Å². The Hall–Kier alpha value is -3.82. The molecular weight excluding hydrogens is 588 g/mol. The number of aromatic nitrogens is 1. The van der Waals surface area contributed by atoms with Crippen molar-refractivity contribution in [2.45, 2.75) is 59.5 Å². The van der Waals surface area contributed by atoms with Crippen molar-refractivity contribution in [3.05, 3.63) is 55.7 Å². The van der Waals surface area contributed by atoms with Crippen LogP contribution in [-0.4, -0.2) is 52.2 Å². The molecule has 0 unspecified atom stereocenters. The molecule has 10 nitrogen and oxygen atoms in total. The van der Waals surface area contributed by atoms with Gasteiger partial charge in [0.1, 0.15) is 21.8 Å². The Morgan fingerprint density at radius 3 is 2.65 bits per heavy atom. The number of hydrogen-bond donors (Lipinski definition) is 0. The number of thiocarbonyl (C=S) groups is 1. The van der Waals surface area contributed by atoms with Crippen LogP contribution >= 0.6 is 24.0 Å². The number of ether oxygens (including phenoxy) is 3. The third kappa shape index (κ3) is 6.15. The van der Waals surface area contributed by atoms with E-state index < -0.39 is 0 Å². The number of rotatable bonds is 9. The highest BCUT2D eigenvalue weighted by atomic mass is 32.2. The van der Waals surface area contributed by atoms with E-state index in [1.54, 1.807) is 29.4 Å². The van der Waals surface area contributed by atoms with Gasteiger partial charge in [0.15, 0.2) is 11.5 Å². The van der Waals surface area contributed by atoms with Crippen LogP contribution in [0.2, 0.25) is 0 Å². The molecule has 0 atom stereocenters. The average molecular weight is 623 g/mol. The van der Waals surface area contributed by atoms with Crippen LogP contribution in [0, 0.1) is 24.2 Å². The number of anilines is 1. The van der Waals surface area contributed by atoms with E-state index in [-0.39, 0.29) is 42.3 Å². The summed E-state index contributed by atoms with van der Waals surface area (Å²) in [5.74, 6) is 1.30. The van der Waals surface area contributed by atoms with Crippen LogP contribution in [-0.2, 0) is 27.4 Å². The van der Waals surface area contributed by atoms with Crippen molar-refractivity contribution >= 4 is 52.1 Å². The molecule has 3 aliphatic heterocycles. The lowest BCUT2D eigenvalue weighted by Gasteiger charge is -2.35. The van der Waals surface area contributed by atoms with Gasteiger partial charge in [-0.25, -0.2) is 0 Å². The topological polar surface area (TPSA) is 114 Å². The van der Waals surface area contributed by atoms with Crippen LogP contribution in [0.25, 0.3) is 6.08 Å². The Balaban J connectivity index is 1.52. The number of nitriles is 1. The van der Waals surface area contributed by atoms with Gasteiger partial charge in [0.2, 0.25) is 6.79 Å². The van der Waals surface area contributed by atoms with E-state index in [1.807, 2.05) is 25.1 Å². The van der Waals surface area contributed by atoms with Crippen LogP contribution in [0.15, 0.2) is 27.9 Å². The molecule has 12 heteroatoms. The Bertz CT molecular complexity index is 1590. The number of carbonyl (C=O) groups is 2. The third-order valence-corrected chi connectivity index (χ3v) is 9.30. The molecule has 1 amide bonds. The monoisotopic (exact) mass is 622 g/mol. The molecule has 0 radical (unpaired) electrons. The fourth-order valence-corrected chi connectivity index (χ4v) is 6.82. The summed E-state index contributed by atoms with van der Waals surface area (Å²) in [4.78, 5) is 43.8. The maximum absolute atomic E-state index is 13.7. The lowest BCUT2D eigenvalue weighted by atomic mass is 9.95. The number of benzene rings is 1. The van der Waals surface area contributed by atoms with E-state index in [4.69, 9.17) is 26.4 Å². The minimum absolute atomic E-state index is 0.0587. The van der Waals surface area contributed by atoms with Crippen LogP contribution in [0.3, 0.4) is 0 Å². The second-order valence-electron chi connectivity index (χ2n) is 10.6. The molecule has 0 saturated carbocycles. The summed E-state index contributed by atoms with van der Waals surface area (Å²) >= 11 is 6.82. The second-order valence-corrected chi connectivity index (χ2v) is 12.3. The minimum atomic E-state index is -0.344. The lowest BCUT2D eigenvalue weighted by molar-refractivity contribution is -0.148. The number of esters is 1. The van der Waals surface area contributed by atoms with Gasteiger partial charge in [0.05, 0.1) is 24.0 Å². The Kier molecular flexibility index (Phi) is 9.42. The van der Waals surface area contributed by atoms with Crippen LogP contribution in [0.1, 0.15) is 61.8 Å². The van der Waals surface area contributed by atoms with Gasteiger partial charge in [0, 0.05) is 25.2 Å².